The van der Waals surface area contributed by atoms with Gasteiger partial charge in [-0.3, -0.25) is 4.79 Å². The summed E-state index contributed by atoms with van der Waals surface area (Å²) in [6, 6.07) is 11.4. The van der Waals surface area contributed by atoms with E-state index in [1.54, 1.807) is 6.07 Å². The maximum atomic E-state index is 13.1. The van der Waals surface area contributed by atoms with Gasteiger partial charge in [0.15, 0.2) is 0 Å². The molecule has 154 valence electrons. The average molecular weight is 413 g/mol. The van der Waals surface area contributed by atoms with Gasteiger partial charge in [0.05, 0.1) is 4.90 Å². The Morgan fingerprint density at radius 2 is 1.76 bits per heavy atom. The van der Waals surface area contributed by atoms with Crippen LogP contribution in [0.5, 0.6) is 0 Å². The van der Waals surface area contributed by atoms with Gasteiger partial charge in [-0.2, -0.15) is 4.31 Å². The van der Waals surface area contributed by atoms with Crippen LogP contribution in [0.4, 0.5) is 5.69 Å². The molecule has 1 heterocycles. The monoisotopic (exact) mass is 412 g/mol. The lowest BCUT2D eigenvalue weighted by atomic mass is 9.97. The molecule has 1 amide bonds. The third kappa shape index (κ3) is 3.96. The number of sulfonamides is 1. The van der Waals surface area contributed by atoms with E-state index in [0.717, 1.165) is 41.6 Å². The molecule has 6 heteroatoms. The molecule has 0 unspecified atom stereocenters. The summed E-state index contributed by atoms with van der Waals surface area (Å²) in [6.07, 6.45) is 4.18. The number of fused-ring (bicyclic) bond motifs is 1. The second-order valence-electron chi connectivity index (χ2n) is 8.20. The first-order valence-electron chi connectivity index (χ1n) is 10.4. The highest BCUT2D eigenvalue weighted by Crippen LogP contribution is 2.29. The van der Waals surface area contributed by atoms with Crippen molar-refractivity contribution in [2.75, 3.05) is 18.4 Å². The number of amides is 1. The van der Waals surface area contributed by atoms with Crippen LogP contribution >= 0.6 is 0 Å². The predicted molar refractivity (Wildman–Crippen MR) is 114 cm³/mol. The topological polar surface area (TPSA) is 66.5 Å². The highest BCUT2D eigenvalue weighted by Gasteiger charge is 2.32. The molecule has 1 N–H and O–H groups in total. The third-order valence-corrected chi connectivity index (χ3v) is 8.29. The second-order valence-corrected chi connectivity index (χ2v) is 10.1. The van der Waals surface area contributed by atoms with E-state index in [-0.39, 0.29) is 11.8 Å². The summed E-state index contributed by atoms with van der Waals surface area (Å²) in [6.45, 7) is 4.78. The fourth-order valence-corrected chi connectivity index (χ4v) is 5.86. The number of piperidine rings is 1. The van der Waals surface area contributed by atoms with E-state index in [1.165, 1.54) is 9.87 Å². The van der Waals surface area contributed by atoms with Gasteiger partial charge >= 0.3 is 0 Å². The normalized spacial score (nSPS) is 17.9. The van der Waals surface area contributed by atoms with Crippen LogP contribution in [0.25, 0.3) is 0 Å². The summed E-state index contributed by atoms with van der Waals surface area (Å²) in [5.74, 6) is -0.185. The Kier molecular flexibility index (Phi) is 5.49. The maximum absolute atomic E-state index is 13.1. The lowest BCUT2D eigenvalue weighted by Gasteiger charge is -2.30. The zero-order chi connectivity index (χ0) is 20.6. The summed E-state index contributed by atoms with van der Waals surface area (Å²) in [4.78, 5) is 13.1. The Morgan fingerprint density at radius 1 is 1.03 bits per heavy atom. The standard InChI is InChI=1S/C23H28N2O3S/c1-16-5-3-8-22(17(16)2)24-23(26)19-11-13-25(14-12-19)29(27,28)21-10-9-18-6-4-7-20(18)15-21/h3,5,8-10,15,19H,4,6-7,11-14H2,1-2H3,(H,24,26). The highest BCUT2D eigenvalue weighted by molar-refractivity contribution is 7.89. The number of hydrogen-bond donors (Lipinski definition) is 1. The Bertz CT molecular complexity index is 1040. The second kappa shape index (κ2) is 7.92. The molecule has 1 saturated heterocycles. The van der Waals surface area contributed by atoms with E-state index in [2.05, 4.69) is 5.32 Å². The number of nitrogens with one attached hydrogen (secondary N) is 1. The molecule has 1 aliphatic carbocycles. The van der Waals surface area contributed by atoms with Crippen LogP contribution in [0.1, 0.15) is 41.5 Å². The number of aryl methyl sites for hydroxylation is 3. The van der Waals surface area contributed by atoms with E-state index < -0.39 is 10.0 Å². The van der Waals surface area contributed by atoms with Crippen molar-refractivity contribution in [3.63, 3.8) is 0 Å². The predicted octanol–water partition coefficient (Wildman–Crippen LogP) is 3.83. The Labute approximate surface area is 173 Å². The summed E-state index contributed by atoms with van der Waals surface area (Å²) < 4.78 is 27.7. The Morgan fingerprint density at radius 3 is 2.52 bits per heavy atom. The molecular formula is C23H28N2O3S. The average Bonchev–Trinajstić information content (AvgIpc) is 3.19. The van der Waals surface area contributed by atoms with Crippen molar-refractivity contribution in [2.45, 2.75) is 50.8 Å². The third-order valence-electron chi connectivity index (χ3n) is 6.39. The van der Waals surface area contributed by atoms with Crippen molar-refractivity contribution in [2.24, 2.45) is 5.92 Å². The number of rotatable bonds is 4. The van der Waals surface area contributed by atoms with Gasteiger partial charge in [0.25, 0.3) is 0 Å². The molecular weight excluding hydrogens is 384 g/mol. The van der Waals surface area contributed by atoms with Crippen LogP contribution in [0.3, 0.4) is 0 Å². The number of carbonyl (C=O) groups excluding carboxylic acids is 1. The molecule has 2 aliphatic rings. The lowest BCUT2D eigenvalue weighted by Crippen LogP contribution is -2.41. The van der Waals surface area contributed by atoms with Crippen molar-refractivity contribution in [1.29, 1.82) is 0 Å². The van der Waals surface area contributed by atoms with E-state index in [9.17, 15) is 13.2 Å². The molecule has 29 heavy (non-hydrogen) atoms. The van der Waals surface area contributed by atoms with Crippen LogP contribution in [-0.2, 0) is 27.7 Å². The summed E-state index contributed by atoms with van der Waals surface area (Å²) in [7, 11) is -3.50. The van der Waals surface area contributed by atoms with Crippen LogP contribution in [0.15, 0.2) is 41.3 Å². The molecule has 1 aliphatic heterocycles. The first kappa shape index (κ1) is 20.1. The van der Waals surface area contributed by atoms with Gasteiger partial charge in [-0.1, -0.05) is 18.2 Å². The maximum Gasteiger partial charge on any atom is 0.243 e. The van der Waals surface area contributed by atoms with Crippen molar-refractivity contribution >= 4 is 21.6 Å². The quantitative estimate of drug-likeness (QED) is 0.830. The molecule has 2 aromatic rings. The first-order valence-corrected chi connectivity index (χ1v) is 11.8. The summed E-state index contributed by atoms with van der Waals surface area (Å²) in [5.41, 5.74) is 5.47. The fraction of sp³-hybridized carbons (Fsp3) is 0.435. The molecule has 0 atom stereocenters. The van der Waals surface area contributed by atoms with Crippen molar-refractivity contribution in [3.05, 3.63) is 58.7 Å². The van der Waals surface area contributed by atoms with Gasteiger partial charge in [0.2, 0.25) is 15.9 Å². The number of carbonyl (C=O) groups is 1. The van der Waals surface area contributed by atoms with Crippen LogP contribution in [0.2, 0.25) is 0 Å². The van der Waals surface area contributed by atoms with Crippen LogP contribution in [-0.4, -0.2) is 31.7 Å². The van der Waals surface area contributed by atoms with E-state index in [4.69, 9.17) is 0 Å². The number of anilines is 1. The van der Waals surface area contributed by atoms with E-state index in [1.807, 2.05) is 44.2 Å². The van der Waals surface area contributed by atoms with Gasteiger partial charge in [-0.15, -0.1) is 0 Å². The van der Waals surface area contributed by atoms with Gasteiger partial charge < -0.3 is 5.32 Å². The Balaban J connectivity index is 1.41. The molecule has 2 aromatic carbocycles. The van der Waals surface area contributed by atoms with E-state index >= 15 is 0 Å². The minimum atomic E-state index is -3.50. The molecule has 5 nitrogen and oxygen atoms in total. The number of hydrogen-bond acceptors (Lipinski definition) is 3. The zero-order valence-corrected chi connectivity index (χ0v) is 17.9. The van der Waals surface area contributed by atoms with Gasteiger partial charge in [0, 0.05) is 24.7 Å². The van der Waals surface area contributed by atoms with Gasteiger partial charge in [-0.05, 0) is 86.4 Å². The van der Waals surface area contributed by atoms with Crippen LogP contribution < -0.4 is 5.32 Å². The molecule has 0 aromatic heterocycles. The zero-order valence-electron chi connectivity index (χ0n) is 17.1. The summed E-state index contributed by atoms with van der Waals surface area (Å²) >= 11 is 0. The van der Waals surface area contributed by atoms with Crippen molar-refractivity contribution in [1.82, 2.24) is 4.31 Å². The Hall–Kier alpha value is -2.18. The largest absolute Gasteiger partial charge is 0.326 e. The first-order chi connectivity index (χ1) is 13.9. The van der Waals surface area contributed by atoms with Crippen LogP contribution in [0, 0.1) is 19.8 Å². The smallest absolute Gasteiger partial charge is 0.243 e. The summed E-state index contributed by atoms with van der Waals surface area (Å²) in [5, 5.41) is 3.03. The SMILES string of the molecule is Cc1cccc(NC(=O)C2CCN(S(=O)(=O)c3ccc4c(c3)CCC4)CC2)c1C. The highest BCUT2D eigenvalue weighted by atomic mass is 32.2. The molecule has 0 saturated carbocycles. The van der Waals surface area contributed by atoms with Gasteiger partial charge in [-0.25, -0.2) is 8.42 Å². The molecule has 4 rings (SSSR count). The number of benzene rings is 2. The molecule has 0 bridgehead atoms. The van der Waals surface area contributed by atoms with Gasteiger partial charge in [0.1, 0.15) is 0 Å². The lowest BCUT2D eigenvalue weighted by molar-refractivity contribution is -0.120. The molecule has 1 fully saturated rings. The van der Waals surface area contributed by atoms with Crippen molar-refractivity contribution < 1.29 is 13.2 Å². The minimum Gasteiger partial charge on any atom is -0.326 e. The van der Waals surface area contributed by atoms with E-state index in [0.29, 0.717) is 30.8 Å². The molecule has 0 spiro atoms. The van der Waals surface area contributed by atoms with Crippen molar-refractivity contribution in [3.8, 4) is 0 Å². The number of nitrogens with zero attached hydrogens (tertiary/aromatic N) is 1. The molecule has 0 radical (unpaired) electrons. The fourth-order valence-electron chi connectivity index (χ4n) is 4.34. The minimum absolute atomic E-state index is 0.0201.